The van der Waals surface area contributed by atoms with Crippen molar-refractivity contribution < 1.29 is 37.7 Å². The lowest BCUT2D eigenvalue weighted by molar-refractivity contribution is -0.156. The van der Waals surface area contributed by atoms with E-state index in [1.54, 1.807) is 31.7 Å². The number of piperidine rings is 1. The Kier molecular flexibility index (Phi) is 9.97. The molecule has 3 aromatic heterocycles. The first kappa shape index (κ1) is 34.8. The molecule has 0 bridgehead atoms. The van der Waals surface area contributed by atoms with Crippen LogP contribution in [0.25, 0.3) is 22.1 Å². The molecule has 2 aliphatic rings. The molecule has 262 valence electrons. The van der Waals surface area contributed by atoms with Crippen LogP contribution < -0.4 is 15.0 Å². The highest BCUT2D eigenvalue weighted by Gasteiger charge is 2.46. The van der Waals surface area contributed by atoms with Gasteiger partial charge in [-0.05, 0) is 51.9 Å². The topological polar surface area (TPSA) is 149 Å². The molecule has 6 rings (SSSR count). The minimum atomic E-state index is -1.71. The minimum absolute atomic E-state index is 0.0567. The van der Waals surface area contributed by atoms with Gasteiger partial charge in [0.05, 0.1) is 36.8 Å². The number of fused-ring (bicyclic) bond motifs is 3. The number of pyridine rings is 1. The molecule has 5 heterocycles. The van der Waals surface area contributed by atoms with E-state index in [2.05, 4.69) is 10.3 Å². The van der Waals surface area contributed by atoms with Gasteiger partial charge in [0.25, 0.3) is 0 Å². The van der Waals surface area contributed by atoms with E-state index in [1.807, 2.05) is 31.2 Å². The second-order valence-electron chi connectivity index (χ2n) is 13.6. The molecule has 2 fully saturated rings. The lowest BCUT2D eigenvalue weighted by Gasteiger charge is -2.37. The lowest BCUT2D eigenvalue weighted by atomic mass is 9.79. The van der Waals surface area contributed by atoms with E-state index < -0.39 is 35.4 Å². The summed E-state index contributed by atoms with van der Waals surface area (Å²) in [7, 11) is 0. The molecule has 0 spiro atoms. The van der Waals surface area contributed by atoms with Crippen molar-refractivity contribution >= 4 is 51.4 Å². The van der Waals surface area contributed by atoms with Crippen LogP contribution in [0.15, 0.2) is 40.9 Å². The van der Waals surface area contributed by atoms with Crippen molar-refractivity contribution in [2.75, 3.05) is 37.7 Å². The number of carbonyl (C=O) groups is 2. The fraction of sp³-hybridized carbons (Fsp3) is 0.514. The Morgan fingerprint density at radius 3 is 2.78 bits per heavy atom. The molecule has 4 aromatic rings. The average Bonchev–Trinajstić information content (AvgIpc) is 3.64. The fourth-order valence-corrected chi connectivity index (χ4v) is 6.59. The van der Waals surface area contributed by atoms with E-state index in [0.29, 0.717) is 46.4 Å². The maximum Gasteiger partial charge on any atom is 0.329 e. The van der Waals surface area contributed by atoms with E-state index in [4.69, 9.17) is 45.3 Å². The number of carbonyl (C=O) groups excluding carboxylic acids is 1. The van der Waals surface area contributed by atoms with Crippen LogP contribution >= 0.6 is 11.6 Å². The Bertz CT molecular complexity index is 1850. The van der Waals surface area contributed by atoms with Gasteiger partial charge in [-0.2, -0.15) is 0 Å². The Morgan fingerprint density at radius 1 is 1.22 bits per heavy atom. The third kappa shape index (κ3) is 7.58. The van der Waals surface area contributed by atoms with Crippen molar-refractivity contribution in [3.8, 4) is 5.88 Å². The van der Waals surface area contributed by atoms with E-state index in [-0.39, 0.29) is 62.8 Å². The summed E-state index contributed by atoms with van der Waals surface area (Å²) in [5, 5.41) is 13.3. The summed E-state index contributed by atoms with van der Waals surface area (Å²) in [5.74, 6) is -0.840. The number of carboxylic acids is 1. The molecule has 4 atom stereocenters. The van der Waals surface area contributed by atoms with E-state index >= 15 is 4.39 Å². The number of nitrogens with one attached hydrogen (secondary N) is 1. The number of benzene rings is 1. The molecule has 0 unspecified atom stereocenters. The van der Waals surface area contributed by atoms with Crippen molar-refractivity contribution in [2.24, 2.45) is 5.92 Å². The molecule has 0 amide bonds. The first-order valence-electron chi connectivity index (χ1n) is 16.5. The molecule has 2 N–H and O–H groups in total. The SMILES string of the molecule is C[C@H]1CNCC[C@]1(F)c1cc(Cl)cnc1O[C@H]1C[C@@H](C(=O)OC(C)(C)C)N(c2nc(CCOCCC(=O)O)nc3c2oc2ccccc23)C1. The lowest BCUT2D eigenvalue weighted by Crippen LogP contribution is -2.44. The molecule has 49 heavy (non-hydrogen) atoms. The zero-order valence-electron chi connectivity index (χ0n) is 28.0. The largest absolute Gasteiger partial charge is 0.481 e. The molecule has 0 radical (unpaired) electrons. The van der Waals surface area contributed by atoms with Crippen molar-refractivity contribution in [3.05, 3.63) is 52.9 Å². The number of aliphatic carboxylic acids is 1. The van der Waals surface area contributed by atoms with Crippen molar-refractivity contribution in [3.63, 3.8) is 0 Å². The zero-order valence-corrected chi connectivity index (χ0v) is 28.8. The number of alkyl halides is 1. The van der Waals surface area contributed by atoms with Crippen molar-refractivity contribution in [2.45, 2.75) is 76.8 Å². The number of nitrogens with zero attached hydrogens (tertiary/aromatic N) is 4. The van der Waals surface area contributed by atoms with Gasteiger partial charge in [0, 0.05) is 36.9 Å². The molecule has 0 saturated carbocycles. The van der Waals surface area contributed by atoms with Crippen LogP contribution in [0.2, 0.25) is 5.02 Å². The third-order valence-electron chi connectivity index (χ3n) is 8.83. The molecular weight excluding hydrogens is 657 g/mol. The minimum Gasteiger partial charge on any atom is -0.481 e. The van der Waals surface area contributed by atoms with E-state index in [9.17, 15) is 9.59 Å². The summed E-state index contributed by atoms with van der Waals surface area (Å²) in [5.41, 5.74) is -0.638. The highest BCUT2D eigenvalue weighted by molar-refractivity contribution is 6.30. The molecule has 1 aromatic carbocycles. The Hall–Kier alpha value is -4.07. The standard InChI is InChI=1S/C35H41ClFN5O7/c1-20-17-38-12-11-35(20,37)24-15-21(36)18-39-32(24)47-22-16-25(33(45)49-34(2,3)4)42(19-22)31-30-29(23-7-5-6-8-26(23)48-30)40-27(41-31)9-13-46-14-10-28(43)44/h5-8,15,18,20,22,25,38H,9-14,16-17,19H2,1-4H3,(H,43,44)/t20-,22-,25-,35+/m0/s1. The van der Waals surface area contributed by atoms with Crippen molar-refractivity contribution in [1.82, 2.24) is 20.3 Å². The molecule has 2 aliphatic heterocycles. The van der Waals surface area contributed by atoms with Crippen LogP contribution in [0.3, 0.4) is 0 Å². The first-order chi connectivity index (χ1) is 23.3. The maximum atomic E-state index is 16.7. The summed E-state index contributed by atoms with van der Waals surface area (Å²) in [4.78, 5) is 40.6. The van der Waals surface area contributed by atoms with Crippen LogP contribution in [-0.2, 0) is 31.2 Å². The predicted molar refractivity (Wildman–Crippen MR) is 181 cm³/mol. The van der Waals surface area contributed by atoms with Gasteiger partial charge >= 0.3 is 11.9 Å². The molecule has 12 nitrogen and oxygen atoms in total. The number of hydrogen-bond donors (Lipinski definition) is 2. The van der Waals surface area contributed by atoms with Crippen LogP contribution in [0.4, 0.5) is 10.2 Å². The number of hydrogen-bond acceptors (Lipinski definition) is 11. The smallest absolute Gasteiger partial charge is 0.329 e. The molecule has 14 heteroatoms. The number of para-hydroxylation sites is 1. The number of halogens is 2. The quantitative estimate of drug-likeness (QED) is 0.148. The van der Waals surface area contributed by atoms with Crippen molar-refractivity contribution in [1.29, 1.82) is 0 Å². The van der Waals surface area contributed by atoms with Gasteiger partial charge in [0.2, 0.25) is 5.88 Å². The average molecular weight is 698 g/mol. The molecule has 0 aliphatic carbocycles. The maximum absolute atomic E-state index is 16.7. The van der Waals surface area contributed by atoms with Gasteiger partial charge in [0.15, 0.2) is 11.4 Å². The number of esters is 1. The normalized spacial score (nSPS) is 22.9. The number of anilines is 1. The predicted octanol–water partition coefficient (Wildman–Crippen LogP) is 5.62. The summed E-state index contributed by atoms with van der Waals surface area (Å²) >= 11 is 6.33. The Labute approximate surface area is 288 Å². The van der Waals surface area contributed by atoms with Gasteiger partial charge in [0.1, 0.15) is 40.3 Å². The van der Waals surface area contributed by atoms with Gasteiger partial charge in [-0.25, -0.2) is 24.1 Å². The number of rotatable bonds is 11. The summed E-state index contributed by atoms with van der Waals surface area (Å²) in [6.45, 7) is 8.67. The second-order valence-corrected chi connectivity index (χ2v) is 14.1. The second kappa shape index (κ2) is 14.0. The van der Waals surface area contributed by atoms with E-state index in [1.165, 1.54) is 6.20 Å². The summed E-state index contributed by atoms with van der Waals surface area (Å²) < 4.78 is 40.9. The first-order valence-corrected chi connectivity index (χ1v) is 16.9. The highest BCUT2D eigenvalue weighted by Crippen LogP contribution is 2.44. The van der Waals surface area contributed by atoms with E-state index in [0.717, 1.165) is 5.39 Å². The van der Waals surface area contributed by atoms with Gasteiger partial charge in [-0.15, -0.1) is 0 Å². The number of ether oxygens (including phenoxy) is 3. The van der Waals surface area contributed by atoms with Crippen LogP contribution in [0.5, 0.6) is 5.88 Å². The molecular formula is C35H41ClFN5O7. The van der Waals surface area contributed by atoms with Crippen LogP contribution in [0, 0.1) is 5.92 Å². The van der Waals surface area contributed by atoms with Gasteiger partial charge in [-0.1, -0.05) is 30.7 Å². The monoisotopic (exact) mass is 697 g/mol. The zero-order chi connectivity index (χ0) is 34.9. The highest BCUT2D eigenvalue weighted by atomic mass is 35.5. The van der Waals surface area contributed by atoms with Gasteiger partial charge in [-0.3, -0.25) is 4.79 Å². The Balaban J connectivity index is 1.37. The van der Waals surface area contributed by atoms with Gasteiger partial charge < -0.3 is 34.0 Å². The van der Waals surface area contributed by atoms with Crippen LogP contribution in [0.1, 0.15) is 58.3 Å². The number of aromatic nitrogens is 3. The van der Waals surface area contributed by atoms with Crippen LogP contribution in [-0.4, -0.2) is 82.6 Å². The number of carboxylic acid groups (broad SMARTS) is 1. The third-order valence-corrected chi connectivity index (χ3v) is 9.04. The fourth-order valence-electron chi connectivity index (χ4n) is 6.44. The summed E-state index contributed by atoms with van der Waals surface area (Å²) in [6.07, 6.45) is 1.43. The summed E-state index contributed by atoms with van der Waals surface area (Å²) in [6, 6.07) is 8.22. The Morgan fingerprint density at radius 2 is 2.02 bits per heavy atom. The molecule has 2 saturated heterocycles. The number of furan rings is 1.